The molecule has 2 aliphatic rings. The van der Waals surface area contributed by atoms with E-state index in [9.17, 15) is 19.5 Å². The number of allylic oxidation sites excluding steroid dienone is 1. The van der Waals surface area contributed by atoms with E-state index in [0.29, 0.717) is 38.1 Å². The number of unbranched alkanes of at least 4 members (excludes halogenated alkanes) is 1. The summed E-state index contributed by atoms with van der Waals surface area (Å²) in [7, 11) is 0. The molecule has 0 aromatic carbocycles. The van der Waals surface area contributed by atoms with Gasteiger partial charge in [0.25, 0.3) is 5.91 Å². The van der Waals surface area contributed by atoms with Crippen molar-refractivity contribution in [3.63, 3.8) is 0 Å². The quantitative estimate of drug-likeness (QED) is 0.296. The zero-order valence-electron chi connectivity index (χ0n) is 15.2. The summed E-state index contributed by atoms with van der Waals surface area (Å²) >= 11 is 0. The smallest absolute Gasteiger partial charge is 0.324 e. The molecule has 2 fully saturated rings. The molecule has 3 amide bonds. The summed E-state index contributed by atoms with van der Waals surface area (Å²) in [6.45, 7) is 0.364. The number of carboxylic acid groups (broad SMARTS) is 1. The molecule has 1 heterocycles. The number of aliphatic hydroxyl groups excluding tert-OH is 1. The van der Waals surface area contributed by atoms with Gasteiger partial charge in [0.05, 0.1) is 6.10 Å². The number of amides is 3. The van der Waals surface area contributed by atoms with E-state index in [4.69, 9.17) is 5.11 Å². The molecule has 1 saturated carbocycles. The lowest BCUT2D eigenvalue weighted by atomic mass is 9.98. The van der Waals surface area contributed by atoms with Crippen LogP contribution in [0.15, 0.2) is 12.2 Å². The third-order valence-corrected chi connectivity index (χ3v) is 5.24. The second-order valence-corrected chi connectivity index (χ2v) is 7.33. The van der Waals surface area contributed by atoms with E-state index in [1.54, 1.807) is 0 Å². The van der Waals surface area contributed by atoms with Gasteiger partial charge >= 0.3 is 12.0 Å². The van der Waals surface area contributed by atoms with E-state index in [1.807, 2.05) is 12.2 Å². The molecule has 0 bridgehead atoms. The molecule has 146 valence electrons. The lowest BCUT2D eigenvalue weighted by Crippen LogP contribution is -2.37. The predicted molar refractivity (Wildman–Crippen MR) is 96.5 cm³/mol. The Bertz CT molecular complexity index is 528. The first-order valence-electron chi connectivity index (χ1n) is 9.63. The van der Waals surface area contributed by atoms with Crippen LogP contribution in [0, 0.1) is 5.92 Å². The average molecular weight is 366 g/mol. The highest BCUT2D eigenvalue weighted by atomic mass is 16.4. The van der Waals surface area contributed by atoms with E-state index in [2.05, 4.69) is 5.32 Å². The van der Waals surface area contributed by atoms with E-state index in [-0.39, 0.29) is 12.3 Å². The summed E-state index contributed by atoms with van der Waals surface area (Å²) in [5.74, 6) is -0.541. The Morgan fingerprint density at radius 1 is 1.27 bits per heavy atom. The van der Waals surface area contributed by atoms with Crippen LogP contribution in [0.25, 0.3) is 0 Å². The van der Waals surface area contributed by atoms with Gasteiger partial charge in [-0.1, -0.05) is 37.8 Å². The molecule has 2 atom stereocenters. The van der Waals surface area contributed by atoms with Gasteiger partial charge in [-0.05, 0) is 38.0 Å². The van der Waals surface area contributed by atoms with Crippen LogP contribution in [0.3, 0.4) is 0 Å². The van der Waals surface area contributed by atoms with Crippen molar-refractivity contribution in [3.8, 4) is 0 Å². The van der Waals surface area contributed by atoms with E-state index in [0.717, 1.165) is 6.42 Å². The zero-order valence-corrected chi connectivity index (χ0v) is 15.2. The average Bonchev–Trinajstić information content (AvgIpc) is 3.17. The fourth-order valence-electron chi connectivity index (χ4n) is 3.79. The van der Waals surface area contributed by atoms with E-state index in [1.165, 1.54) is 30.6 Å². The first kappa shape index (κ1) is 20.4. The highest BCUT2D eigenvalue weighted by Crippen LogP contribution is 2.29. The highest BCUT2D eigenvalue weighted by molar-refractivity contribution is 6.04. The van der Waals surface area contributed by atoms with Gasteiger partial charge in [-0.2, -0.15) is 0 Å². The summed E-state index contributed by atoms with van der Waals surface area (Å²) in [5.41, 5.74) is 0. The minimum atomic E-state index is -0.818. The number of carbonyl (C=O) groups is 3. The third-order valence-electron chi connectivity index (χ3n) is 5.24. The van der Waals surface area contributed by atoms with Crippen LogP contribution in [-0.2, 0) is 9.59 Å². The number of carbonyl (C=O) groups excluding carboxylic acids is 2. The molecule has 26 heavy (non-hydrogen) atoms. The predicted octanol–water partition coefficient (Wildman–Crippen LogP) is 2.44. The molecule has 0 aromatic rings. The van der Waals surface area contributed by atoms with Crippen LogP contribution in [-0.4, -0.2) is 51.7 Å². The molecule has 7 nitrogen and oxygen atoms in total. The van der Waals surface area contributed by atoms with Crippen molar-refractivity contribution < 1.29 is 24.6 Å². The van der Waals surface area contributed by atoms with Gasteiger partial charge < -0.3 is 15.1 Å². The maximum absolute atomic E-state index is 12.0. The summed E-state index contributed by atoms with van der Waals surface area (Å²) in [5, 5.41) is 21.1. The maximum atomic E-state index is 12.0. The van der Waals surface area contributed by atoms with Gasteiger partial charge in [0.1, 0.15) is 6.04 Å². The number of hydrogen-bond acceptors (Lipinski definition) is 4. The first-order chi connectivity index (χ1) is 12.5. The Morgan fingerprint density at radius 3 is 2.69 bits per heavy atom. The minimum Gasteiger partial charge on any atom is -0.481 e. The van der Waals surface area contributed by atoms with Crippen LogP contribution < -0.4 is 5.32 Å². The summed E-state index contributed by atoms with van der Waals surface area (Å²) in [6, 6.07) is -0.941. The van der Waals surface area contributed by atoms with Gasteiger partial charge in [-0.15, -0.1) is 0 Å². The SMILES string of the molecule is O=C(O)CCC/C=C\CC1C(=O)NC(=O)N1CCC(O)CC1CCCC1. The minimum absolute atomic E-state index is 0.123. The van der Waals surface area contributed by atoms with Gasteiger partial charge in [-0.25, -0.2) is 4.79 Å². The summed E-state index contributed by atoms with van der Waals surface area (Å²) in [4.78, 5) is 35.9. The molecule has 7 heteroatoms. The molecule has 0 radical (unpaired) electrons. The Hall–Kier alpha value is -1.89. The van der Waals surface area contributed by atoms with Crippen LogP contribution >= 0.6 is 0 Å². The second-order valence-electron chi connectivity index (χ2n) is 7.33. The Morgan fingerprint density at radius 2 is 2.00 bits per heavy atom. The van der Waals surface area contributed by atoms with Gasteiger partial charge in [0.2, 0.25) is 0 Å². The number of nitrogens with one attached hydrogen (secondary N) is 1. The van der Waals surface area contributed by atoms with Crippen molar-refractivity contribution in [2.75, 3.05) is 6.54 Å². The van der Waals surface area contributed by atoms with Gasteiger partial charge in [0.15, 0.2) is 0 Å². The zero-order chi connectivity index (χ0) is 18.9. The van der Waals surface area contributed by atoms with E-state index >= 15 is 0 Å². The van der Waals surface area contributed by atoms with Crippen LogP contribution in [0.5, 0.6) is 0 Å². The number of nitrogens with zero attached hydrogens (tertiary/aromatic N) is 1. The van der Waals surface area contributed by atoms with Crippen molar-refractivity contribution in [2.45, 2.75) is 76.4 Å². The van der Waals surface area contributed by atoms with E-state index < -0.39 is 24.1 Å². The fourth-order valence-corrected chi connectivity index (χ4v) is 3.79. The maximum Gasteiger partial charge on any atom is 0.324 e. The van der Waals surface area contributed by atoms with Crippen molar-refractivity contribution >= 4 is 17.9 Å². The molecular formula is C19H30N2O5. The molecule has 0 aromatic heterocycles. The number of carboxylic acids is 1. The molecular weight excluding hydrogens is 336 g/mol. The van der Waals surface area contributed by atoms with Gasteiger partial charge in [0, 0.05) is 13.0 Å². The number of urea groups is 1. The van der Waals surface area contributed by atoms with Crippen molar-refractivity contribution in [2.24, 2.45) is 5.92 Å². The van der Waals surface area contributed by atoms with Gasteiger partial charge in [-0.3, -0.25) is 14.9 Å². The second kappa shape index (κ2) is 10.3. The lowest BCUT2D eigenvalue weighted by molar-refractivity contribution is -0.137. The molecule has 0 spiro atoms. The Kier molecular flexibility index (Phi) is 8.09. The normalized spacial score (nSPS) is 22.3. The number of hydrogen-bond donors (Lipinski definition) is 3. The molecule has 3 N–H and O–H groups in total. The molecule has 1 saturated heterocycles. The van der Waals surface area contributed by atoms with Crippen molar-refractivity contribution in [1.29, 1.82) is 0 Å². The number of aliphatic carboxylic acids is 1. The number of imide groups is 1. The lowest BCUT2D eigenvalue weighted by Gasteiger charge is -2.23. The summed E-state index contributed by atoms with van der Waals surface area (Å²) in [6.07, 6.45) is 11.0. The van der Waals surface area contributed by atoms with Crippen LogP contribution in [0.4, 0.5) is 4.79 Å². The summed E-state index contributed by atoms with van der Waals surface area (Å²) < 4.78 is 0. The van der Waals surface area contributed by atoms with Crippen LogP contribution in [0.2, 0.25) is 0 Å². The third kappa shape index (κ3) is 6.44. The highest BCUT2D eigenvalue weighted by Gasteiger charge is 2.37. The first-order valence-corrected chi connectivity index (χ1v) is 9.63. The van der Waals surface area contributed by atoms with Crippen molar-refractivity contribution in [3.05, 3.63) is 12.2 Å². The topological polar surface area (TPSA) is 107 Å². The number of aliphatic hydroxyl groups is 1. The monoisotopic (exact) mass is 366 g/mol. The van der Waals surface area contributed by atoms with Crippen LogP contribution in [0.1, 0.15) is 64.2 Å². The van der Waals surface area contributed by atoms with Crippen molar-refractivity contribution in [1.82, 2.24) is 10.2 Å². The largest absolute Gasteiger partial charge is 0.481 e. The molecule has 1 aliphatic heterocycles. The Balaban J connectivity index is 1.75. The molecule has 2 unspecified atom stereocenters. The number of rotatable bonds is 11. The molecule has 1 aliphatic carbocycles. The molecule has 2 rings (SSSR count). The fraction of sp³-hybridized carbons (Fsp3) is 0.737. The Labute approximate surface area is 154 Å². The standard InChI is InChI=1S/C19H30N2O5/c22-15(13-14-7-5-6-8-14)11-12-21-16(18(25)20-19(21)26)9-3-1-2-4-10-17(23)24/h1,3,14-16,22H,2,4-13H2,(H,23,24)(H,20,25,26)/b3-1-.